The van der Waals surface area contributed by atoms with E-state index < -0.39 is 0 Å². The van der Waals surface area contributed by atoms with Crippen molar-refractivity contribution in [1.29, 1.82) is 5.41 Å². The first kappa shape index (κ1) is 13.2. The molecule has 0 saturated carbocycles. The Bertz CT molecular complexity index is 431. The Balaban J connectivity index is 2.03. The Hall–Kier alpha value is -1.26. The fraction of sp³-hybridized carbons (Fsp3) is 0.462. The van der Waals surface area contributed by atoms with E-state index >= 15 is 0 Å². The van der Waals surface area contributed by atoms with Crippen LogP contribution in [-0.2, 0) is 4.74 Å². The summed E-state index contributed by atoms with van der Waals surface area (Å²) in [7, 11) is 0. The SMILES string of the molecule is N=C(N)c1ccc(Cl)cc1OCC1CCCCO1. The highest BCUT2D eigenvalue weighted by Gasteiger charge is 2.16. The number of rotatable bonds is 4. The molecule has 98 valence electrons. The number of hydrogen-bond acceptors (Lipinski definition) is 3. The van der Waals surface area contributed by atoms with Gasteiger partial charge < -0.3 is 15.2 Å². The standard InChI is InChI=1S/C13H17ClN2O2/c14-9-4-5-11(13(15)16)12(7-9)18-8-10-3-1-2-6-17-10/h4-5,7,10H,1-3,6,8H2,(H3,15,16). The molecule has 1 atom stereocenters. The van der Waals surface area contributed by atoms with Crippen LogP contribution in [-0.4, -0.2) is 25.2 Å². The maximum absolute atomic E-state index is 7.49. The third-order valence-electron chi connectivity index (χ3n) is 2.93. The molecule has 1 unspecified atom stereocenters. The second kappa shape index (κ2) is 6.07. The zero-order chi connectivity index (χ0) is 13.0. The van der Waals surface area contributed by atoms with Crippen LogP contribution in [0.15, 0.2) is 18.2 Å². The van der Waals surface area contributed by atoms with Gasteiger partial charge in [0.05, 0.1) is 11.7 Å². The van der Waals surface area contributed by atoms with Crippen LogP contribution < -0.4 is 10.5 Å². The van der Waals surface area contributed by atoms with E-state index in [2.05, 4.69) is 0 Å². The first-order valence-corrected chi connectivity index (χ1v) is 6.43. The minimum atomic E-state index is -0.0220. The lowest BCUT2D eigenvalue weighted by molar-refractivity contribution is -0.0111. The molecule has 0 amide bonds. The van der Waals surface area contributed by atoms with Crippen molar-refractivity contribution in [3.63, 3.8) is 0 Å². The van der Waals surface area contributed by atoms with Crippen molar-refractivity contribution in [2.45, 2.75) is 25.4 Å². The van der Waals surface area contributed by atoms with Gasteiger partial charge in [0.2, 0.25) is 0 Å². The molecule has 1 heterocycles. The van der Waals surface area contributed by atoms with Crippen molar-refractivity contribution in [2.24, 2.45) is 5.73 Å². The van der Waals surface area contributed by atoms with E-state index in [0.717, 1.165) is 19.4 Å². The Labute approximate surface area is 112 Å². The summed E-state index contributed by atoms with van der Waals surface area (Å²) in [6, 6.07) is 5.07. The zero-order valence-corrected chi connectivity index (χ0v) is 10.9. The molecule has 1 saturated heterocycles. The van der Waals surface area contributed by atoms with Gasteiger partial charge in [0.15, 0.2) is 0 Å². The fourth-order valence-corrected chi connectivity index (χ4v) is 2.12. The molecule has 0 spiro atoms. The van der Waals surface area contributed by atoms with Gasteiger partial charge in [-0.05, 0) is 37.5 Å². The van der Waals surface area contributed by atoms with Crippen LogP contribution in [0.5, 0.6) is 5.75 Å². The number of benzene rings is 1. The average Bonchev–Trinajstić information content (AvgIpc) is 2.37. The molecule has 1 aliphatic rings. The summed E-state index contributed by atoms with van der Waals surface area (Å²) >= 11 is 5.92. The average molecular weight is 269 g/mol. The van der Waals surface area contributed by atoms with E-state index in [0.29, 0.717) is 22.9 Å². The molecule has 1 aromatic carbocycles. The number of amidine groups is 1. The summed E-state index contributed by atoms with van der Waals surface area (Å²) in [5, 5.41) is 8.06. The second-order valence-corrected chi connectivity index (χ2v) is 4.79. The van der Waals surface area contributed by atoms with Crippen LogP contribution in [0, 0.1) is 5.41 Å². The number of halogens is 1. The van der Waals surface area contributed by atoms with E-state index in [1.54, 1.807) is 18.2 Å². The van der Waals surface area contributed by atoms with Crippen LogP contribution in [0.25, 0.3) is 0 Å². The van der Waals surface area contributed by atoms with Gasteiger partial charge >= 0.3 is 0 Å². The molecule has 1 aliphatic heterocycles. The molecule has 4 nitrogen and oxygen atoms in total. The monoisotopic (exact) mass is 268 g/mol. The van der Waals surface area contributed by atoms with Crippen molar-refractivity contribution >= 4 is 17.4 Å². The van der Waals surface area contributed by atoms with E-state index in [1.165, 1.54) is 6.42 Å². The highest BCUT2D eigenvalue weighted by molar-refractivity contribution is 6.30. The van der Waals surface area contributed by atoms with Gasteiger partial charge in [0.25, 0.3) is 0 Å². The van der Waals surface area contributed by atoms with Crippen LogP contribution in [0.4, 0.5) is 0 Å². The van der Waals surface area contributed by atoms with E-state index in [1.807, 2.05) is 0 Å². The molecule has 0 aromatic heterocycles. The van der Waals surface area contributed by atoms with Crippen molar-refractivity contribution in [3.05, 3.63) is 28.8 Å². The zero-order valence-electron chi connectivity index (χ0n) is 10.1. The molecular formula is C13H17ClN2O2. The summed E-state index contributed by atoms with van der Waals surface area (Å²) in [6.45, 7) is 1.27. The van der Waals surface area contributed by atoms with E-state index in [9.17, 15) is 0 Å². The predicted molar refractivity (Wildman–Crippen MR) is 71.6 cm³/mol. The number of nitrogen functional groups attached to an aromatic ring is 1. The second-order valence-electron chi connectivity index (χ2n) is 4.35. The van der Waals surface area contributed by atoms with Crippen molar-refractivity contribution in [3.8, 4) is 5.75 Å². The van der Waals surface area contributed by atoms with Gasteiger partial charge in [-0.15, -0.1) is 0 Å². The van der Waals surface area contributed by atoms with Crippen LogP contribution in [0.3, 0.4) is 0 Å². The normalized spacial score (nSPS) is 19.5. The molecule has 1 aromatic rings. The first-order valence-electron chi connectivity index (χ1n) is 6.05. The molecule has 0 aliphatic carbocycles. The molecule has 0 radical (unpaired) electrons. The largest absolute Gasteiger partial charge is 0.490 e. The van der Waals surface area contributed by atoms with E-state index in [4.69, 9.17) is 32.2 Å². The van der Waals surface area contributed by atoms with Gasteiger partial charge in [-0.2, -0.15) is 0 Å². The van der Waals surface area contributed by atoms with Crippen LogP contribution >= 0.6 is 11.6 Å². The molecule has 18 heavy (non-hydrogen) atoms. The van der Waals surface area contributed by atoms with Crippen molar-refractivity contribution in [1.82, 2.24) is 0 Å². The number of ether oxygens (including phenoxy) is 2. The van der Waals surface area contributed by atoms with Gasteiger partial charge in [-0.1, -0.05) is 11.6 Å². The third kappa shape index (κ3) is 3.37. The van der Waals surface area contributed by atoms with Gasteiger partial charge in [0.1, 0.15) is 18.2 Å². The Morgan fingerprint density at radius 2 is 2.33 bits per heavy atom. The van der Waals surface area contributed by atoms with Crippen molar-refractivity contribution < 1.29 is 9.47 Å². The number of hydrogen-bond donors (Lipinski definition) is 2. The van der Waals surface area contributed by atoms with Crippen LogP contribution in [0.2, 0.25) is 5.02 Å². The summed E-state index contributed by atoms with van der Waals surface area (Å²) in [6.07, 6.45) is 3.42. The predicted octanol–water partition coefficient (Wildman–Crippen LogP) is 2.57. The Kier molecular flexibility index (Phi) is 4.44. The molecule has 3 N–H and O–H groups in total. The van der Waals surface area contributed by atoms with Gasteiger partial charge in [-0.25, -0.2) is 0 Å². The molecular weight excluding hydrogens is 252 g/mol. The summed E-state index contributed by atoms with van der Waals surface area (Å²) in [5.41, 5.74) is 6.07. The highest BCUT2D eigenvalue weighted by atomic mass is 35.5. The molecule has 1 fully saturated rings. The lowest BCUT2D eigenvalue weighted by Gasteiger charge is -2.23. The van der Waals surface area contributed by atoms with Crippen molar-refractivity contribution in [2.75, 3.05) is 13.2 Å². The molecule has 5 heteroatoms. The minimum Gasteiger partial charge on any atom is -0.490 e. The molecule has 0 bridgehead atoms. The van der Waals surface area contributed by atoms with Gasteiger partial charge in [0, 0.05) is 11.6 Å². The number of nitrogens with one attached hydrogen (secondary N) is 1. The topological polar surface area (TPSA) is 68.3 Å². The maximum atomic E-state index is 7.49. The lowest BCUT2D eigenvalue weighted by Crippen LogP contribution is -2.26. The summed E-state index contributed by atoms with van der Waals surface area (Å²) < 4.78 is 11.3. The summed E-state index contributed by atoms with van der Waals surface area (Å²) in [4.78, 5) is 0. The minimum absolute atomic E-state index is 0.0220. The number of nitrogens with two attached hydrogens (primary N) is 1. The fourth-order valence-electron chi connectivity index (χ4n) is 1.96. The lowest BCUT2D eigenvalue weighted by atomic mass is 10.1. The smallest absolute Gasteiger partial charge is 0.131 e. The Morgan fingerprint density at radius 3 is 3.00 bits per heavy atom. The first-order chi connectivity index (χ1) is 8.66. The molecule has 2 rings (SSSR count). The van der Waals surface area contributed by atoms with Crippen LogP contribution in [0.1, 0.15) is 24.8 Å². The highest BCUT2D eigenvalue weighted by Crippen LogP contribution is 2.24. The van der Waals surface area contributed by atoms with E-state index in [-0.39, 0.29) is 11.9 Å². The Morgan fingerprint density at radius 1 is 1.50 bits per heavy atom. The maximum Gasteiger partial charge on any atom is 0.131 e. The quantitative estimate of drug-likeness (QED) is 0.651. The third-order valence-corrected chi connectivity index (χ3v) is 3.17. The summed E-state index contributed by atoms with van der Waals surface area (Å²) in [5.74, 6) is 0.524. The van der Waals surface area contributed by atoms with Gasteiger partial charge in [-0.3, -0.25) is 5.41 Å².